The van der Waals surface area contributed by atoms with Crippen molar-refractivity contribution in [3.63, 3.8) is 0 Å². The number of hydrogen-bond donors (Lipinski definition) is 1. The summed E-state index contributed by atoms with van der Waals surface area (Å²) in [6, 6.07) is 3.37. The van der Waals surface area contributed by atoms with Gasteiger partial charge in [0.1, 0.15) is 4.88 Å². The molecule has 1 unspecified atom stereocenters. The van der Waals surface area contributed by atoms with Crippen molar-refractivity contribution >= 4 is 40.0 Å². The molecule has 0 aliphatic carbocycles. The lowest BCUT2D eigenvalue weighted by Gasteiger charge is -2.10. The molecule has 0 spiro atoms. The summed E-state index contributed by atoms with van der Waals surface area (Å²) in [6.45, 7) is 4.02. The molecule has 0 aliphatic rings. The smallest absolute Gasteiger partial charge is 0.348 e. The first-order valence-corrected chi connectivity index (χ1v) is 8.05. The topological polar surface area (TPSA) is 55.4 Å². The number of unbranched alkanes of at least 4 members (excludes halogenated alkanes) is 1. The summed E-state index contributed by atoms with van der Waals surface area (Å²) in [4.78, 5) is 23.7. The van der Waals surface area contributed by atoms with Gasteiger partial charge in [0.15, 0.2) is 0 Å². The van der Waals surface area contributed by atoms with Crippen molar-refractivity contribution in [3.8, 4) is 0 Å². The van der Waals surface area contributed by atoms with Crippen LogP contribution in [0.15, 0.2) is 12.1 Å². The Morgan fingerprint density at radius 2 is 2.21 bits per heavy atom. The predicted octanol–water partition coefficient (Wildman–Crippen LogP) is 3.40. The average molecular weight is 301 g/mol. The lowest BCUT2D eigenvalue weighted by molar-refractivity contribution is -0.115. The molecule has 1 heterocycles. The number of methoxy groups -OCH3 is 1. The second-order valence-electron chi connectivity index (χ2n) is 4.01. The first-order valence-electron chi connectivity index (χ1n) is 6.19. The molecule has 0 radical (unpaired) electrons. The van der Waals surface area contributed by atoms with Gasteiger partial charge in [-0.05, 0) is 31.2 Å². The quantitative estimate of drug-likeness (QED) is 0.619. The van der Waals surface area contributed by atoms with E-state index in [1.165, 1.54) is 18.4 Å². The van der Waals surface area contributed by atoms with E-state index in [-0.39, 0.29) is 17.1 Å². The van der Waals surface area contributed by atoms with Gasteiger partial charge < -0.3 is 10.1 Å². The molecule has 1 N–H and O–H groups in total. The summed E-state index contributed by atoms with van der Waals surface area (Å²) >= 11 is 2.87. The number of esters is 1. The SMILES string of the molecule is CCCCSC(C)C(=O)Nc1ccc(C(=O)OC)s1. The maximum atomic E-state index is 11.9. The minimum absolute atomic E-state index is 0.0284. The van der Waals surface area contributed by atoms with E-state index in [4.69, 9.17) is 0 Å². The number of ether oxygens (including phenoxy) is 1. The largest absolute Gasteiger partial charge is 0.465 e. The molecular weight excluding hydrogens is 282 g/mol. The molecule has 106 valence electrons. The zero-order chi connectivity index (χ0) is 14.3. The molecule has 4 nitrogen and oxygen atoms in total. The highest BCUT2D eigenvalue weighted by Gasteiger charge is 2.15. The Kier molecular flexibility index (Phi) is 6.94. The molecule has 0 bridgehead atoms. The van der Waals surface area contributed by atoms with Gasteiger partial charge in [0, 0.05) is 0 Å². The standard InChI is InChI=1S/C13H19NO3S2/c1-4-5-8-18-9(2)12(15)14-11-7-6-10(19-11)13(16)17-3/h6-7,9H,4-5,8H2,1-3H3,(H,14,15). The number of thiophene rings is 1. The number of thioether (sulfide) groups is 1. The molecule has 1 amide bonds. The van der Waals surface area contributed by atoms with Crippen LogP contribution in [-0.4, -0.2) is 30.0 Å². The third-order valence-electron chi connectivity index (χ3n) is 2.47. The number of rotatable bonds is 7. The third kappa shape index (κ3) is 5.24. The Morgan fingerprint density at radius 3 is 2.84 bits per heavy atom. The van der Waals surface area contributed by atoms with E-state index in [1.54, 1.807) is 23.9 Å². The van der Waals surface area contributed by atoms with Crippen LogP contribution in [0, 0.1) is 0 Å². The number of carbonyl (C=O) groups excluding carboxylic acids is 2. The van der Waals surface area contributed by atoms with Crippen molar-refractivity contribution in [3.05, 3.63) is 17.0 Å². The van der Waals surface area contributed by atoms with Gasteiger partial charge in [-0.2, -0.15) is 0 Å². The van der Waals surface area contributed by atoms with Crippen LogP contribution < -0.4 is 5.32 Å². The van der Waals surface area contributed by atoms with E-state index in [0.29, 0.717) is 9.88 Å². The summed E-state index contributed by atoms with van der Waals surface area (Å²) in [7, 11) is 1.34. The van der Waals surface area contributed by atoms with Gasteiger partial charge in [-0.15, -0.1) is 23.1 Å². The van der Waals surface area contributed by atoms with Crippen LogP contribution in [0.4, 0.5) is 5.00 Å². The molecule has 19 heavy (non-hydrogen) atoms. The van der Waals surface area contributed by atoms with E-state index < -0.39 is 0 Å². The van der Waals surface area contributed by atoms with E-state index in [1.807, 2.05) is 6.92 Å². The minimum atomic E-state index is -0.379. The normalized spacial score (nSPS) is 11.9. The van der Waals surface area contributed by atoms with E-state index in [0.717, 1.165) is 18.6 Å². The highest BCUT2D eigenvalue weighted by Crippen LogP contribution is 2.24. The zero-order valence-corrected chi connectivity index (χ0v) is 13.0. The highest BCUT2D eigenvalue weighted by atomic mass is 32.2. The van der Waals surface area contributed by atoms with Crippen molar-refractivity contribution in [2.24, 2.45) is 0 Å². The van der Waals surface area contributed by atoms with Gasteiger partial charge in [0.2, 0.25) is 5.91 Å². The summed E-state index contributed by atoms with van der Waals surface area (Å²) in [5.74, 6) is 0.582. The highest BCUT2D eigenvalue weighted by molar-refractivity contribution is 8.00. The van der Waals surface area contributed by atoms with Gasteiger partial charge in [0.25, 0.3) is 0 Å². The molecule has 1 rings (SSSR count). The van der Waals surface area contributed by atoms with E-state index in [2.05, 4.69) is 17.0 Å². The van der Waals surface area contributed by atoms with Crippen LogP contribution in [0.1, 0.15) is 36.4 Å². The fourth-order valence-electron chi connectivity index (χ4n) is 1.32. The van der Waals surface area contributed by atoms with Crippen LogP contribution in [0.3, 0.4) is 0 Å². The number of carbonyl (C=O) groups is 2. The van der Waals surface area contributed by atoms with Crippen molar-refractivity contribution in [1.29, 1.82) is 0 Å². The monoisotopic (exact) mass is 301 g/mol. The fraction of sp³-hybridized carbons (Fsp3) is 0.538. The predicted molar refractivity (Wildman–Crippen MR) is 81.1 cm³/mol. The molecule has 6 heteroatoms. The zero-order valence-electron chi connectivity index (χ0n) is 11.4. The van der Waals surface area contributed by atoms with Crippen LogP contribution in [0.2, 0.25) is 0 Å². The third-order valence-corrected chi connectivity index (χ3v) is 4.69. The van der Waals surface area contributed by atoms with Crippen molar-refractivity contribution in [2.75, 3.05) is 18.2 Å². The van der Waals surface area contributed by atoms with Gasteiger partial charge in [0.05, 0.1) is 17.4 Å². The first-order chi connectivity index (χ1) is 9.08. The van der Waals surface area contributed by atoms with Crippen LogP contribution >= 0.6 is 23.1 Å². The summed E-state index contributed by atoms with van der Waals surface area (Å²) in [5, 5.41) is 3.41. The molecule has 1 aromatic rings. The van der Waals surface area contributed by atoms with Crippen LogP contribution in [0.25, 0.3) is 0 Å². The van der Waals surface area contributed by atoms with Gasteiger partial charge >= 0.3 is 5.97 Å². The van der Waals surface area contributed by atoms with Gasteiger partial charge in [-0.3, -0.25) is 4.79 Å². The van der Waals surface area contributed by atoms with E-state index in [9.17, 15) is 9.59 Å². The van der Waals surface area contributed by atoms with Gasteiger partial charge in [-0.25, -0.2) is 4.79 Å². The number of amides is 1. The van der Waals surface area contributed by atoms with Crippen LogP contribution in [0.5, 0.6) is 0 Å². The molecule has 0 saturated heterocycles. The minimum Gasteiger partial charge on any atom is -0.465 e. The maximum Gasteiger partial charge on any atom is 0.348 e. The Morgan fingerprint density at radius 1 is 1.47 bits per heavy atom. The molecule has 1 atom stereocenters. The van der Waals surface area contributed by atoms with E-state index >= 15 is 0 Å². The lowest BCUT2D eigenvalue weighted by atomic mass is 10.4. The summed E-state index contributed by atoms with van der Waals surface area (Å²) in [5.41, 5.74) is 0. The molecule has 0 aliphatic heterocycles. The lowest BCUT2D eigenvalue weighted by Crippen LogP contribution is -2.22. The van der Waals surface area contributed by atoms with Crippen molar-refractivity contribution in [1.82, 2.24) is 0 Å². The number of hydrogen-bond acceptors (Lipinski definition) is 5. The Balaban J connectivity index is 2.47. The molecule has 0 aromatic carbocycles. The molecule has 0 saturated carbocycles. The number of anilines is 1. The molecule has 0 fully saturated rings. The van der Waals surface area contributed by atoms with Gasteiger partial charge in [-0.1, -0.05) is 13.3 Å². The Bertz CT molecular complexity index is 431. The summed E-state index contributed by atoms with van der Waals surface area (Å²) < 4.78 is 4.62. The molecular formula is C13H19NO3S2. The van der Waals surface area contributed by atoms with Crippen molar-refractivity contribution < 1.29 is 14.3 Å². The Hall–Kier alpha value is -1.01. The number of nitrogens with one attached hydrogen (secondary N) is 1. The average Bonchev–Trinajstić information content (AvgIpc) is 2.86. The second kappa shape index (κ2) is 8.22. The van der Waals surface area contributed by atoms with Crippen molar-refractivity contribution in [2.45, 2.75) is 31.9 Å². The first kappa shape index (κ1) is 16.0. The second-order valence-corrected chi connectivity index (χ2v) is 6.54. The van der Waals surface area contributed by atoms with Crippen LogP contribution in [-0.2, 0) is 9.53 Å². The summed E-state index contributed by atoms with van der Waals surface area (Å²) in [6.07, 6.45) is 2.25. The Labute approximate surface area is 121 Å². The maximum absolute atomic E-state index is 11.9. The fourth-order valence-corrected chi connectivity index (χ4v) is 3.17. The molecule has 1 aromatic heterocycles.